The molecule has 0 atom stereocenters. The lowest BCUT2D eigenvalue weighted by Crippen LogP contribution is -2.02. The number of nitrogen functional groups attached to an aromatic ring is 1. The zero-order chi connectivity index (χ0) is 15.1. The lowest BCUT2D eigenvalue weighted by Gasteiger charge is -2.05. The van der Waals surface area contributed by atoms with E-state index in [1.54, 1.807) is 36.5 Å². The van der Waals surface area contributed by atoms with Gasteiger partial charge in [-0.1, -0.05) is 23.2 Å². The number of carbonyl (C=O) groups is 1. The van der Waals surface area contributed by atoms with Gasteiger partial charge >= 0.3 is 0 Å². The number of H-pyrrole nitrogens is 1. The van der Waals surface area contributed by atoms with E-state index in [0.717, 1.165) is 11.1 Å². The number of nitrogens with two attached hydrogens (primary N) is 1. The Morgan fingerprint density at radius 1 is 1.19 bits per heavy atom. The van der Waals surface area contributed by atoms with Crippen LogP contribution in [-0.4, -0.2) is 10.8 Å². The van der Waals surface area contributed by atoms with Gasteiger partial charge < -0.3 is 10.7 Å². The molecule has 0 unspecified atom stereocenters. The summed E-state index contributed by atoms with van der Waals surface area (Å²) in [5.74, 6) is -0.103. The molecule has 3 nitrogen and oxygen atoms in total. The molecule has 0 bridgehead atoms. The third kappa shape index (κ3) is 2.39. The van der Waals surface area contributed by atoms with Gasteiger partial charge in [0.1, 0.15) is 0 Å². The number of anilines is 1. The van der Waals surface area contributed by atoms with Gasteiger partial charge in [0.2, 0.25) is 0 Å². The van der Waals surface area contributed by atoms with Gasteiger partial charge in [-0.05, 0) is 42.8 Å². The molecule has 21 heavy (non-hydrogen) atoms. The van der Waals surface area contributed by atoms with Crippen molar-refractivity contribution in [1.82, 2.24) is 4.98 Å². The van der Waals surface area contributed by atoms with Gasteiger partial charge in [0.25, 0.3) is 0 Å². The fourth-order valence-electron chi connectivity index (χ4n) is 2.33. The number of aryl methyl sites for hydroxylation is 1. The summed E-state index contributed by atoms with van der Waals surface area (Å²) in [5.41, 5.74) is 9.16. The number of rotatable bonds is 2. The number of halogens is 2. The lowest BCUT2D eigenvalue weighted by atomic mass is 10.0. The van der Waals surface area contributed by atoms with E-state index >= 15 is 0 Å². The highest BCUT2D eigenvalue weighted by molar-refractivity contribution is 6.40. The van der Waals surface area contributed by atoms with E-state index in [1.165, 1.54) is 0 Å². The van der Waals surface area contributed by atoms with Crippen LogP contribution in [0.2, 0.25) is 10.0 Å². The molecule has 0 fully saturated rings. The number of fused-ring (bicyclic) bond motifs is 1. The number of benzene rings is 2. The molecule has 3 rings (SSSR count). The average Bonchev–Trinajstić information content (AvgIpc) is 2.85. The molecule has 0 spiro atoms. The van der Waals surface area contributed by atoms with Crippen LogP contribution in [0, 0.1) is 6.92 Å². The van der Waals surface area contributed by atoms with Crippen LogP contribution in [0.5, 0.6) is 0 Å². The number of hydrogen-bond acceptors (Lipinski definition) is 2. The van der Waals surface area contributed by atoms with E-state index in [-0.39, 0.29) is 5.78 Å². The third-order valence-corrected chi connectivity index (χ3v) is 3.99. The van der Waals surface area contributed by atoms with Crippen molar-refractivity contribution in [2.45, 2.75) is 6.92 Å². The fraction of sp³-hybridized carbons (Fsp3) is 0.0625. The first kappa shape index (κ1) is 14.0. The summed E-state index contributed by atoms with van der Waals surface area (Å²) >= 11 is 12.2. The molecule has 1 heterocycles. The number of ketones is 1. The largest absolute Gasteiger partial charge is 0.399 e. The molecule has 0 radical (unpaired) electrons. The summed E-state index contributed by atoms with van der Waals surface area (Å²) in [6.07, 6.45) is 1.65. The Balaban J connectivity index is 2.16. The Kier molecular flexibility index (Phi) is 3.40. The molecule has 0 amide bonds. The van der Waals surface area contributed by atoms with Crippen molar-refractivity contribution in [2.75, 3.05) is 5.73 Å². The van der Waals surface area contributed by atoms with Crippen LogP contribution >= 0.6 is 23.2 Å². The van der Waals surface area contributed by atoms with Gasteiger partial charge in [0.15, 0.2) is 5.78 Å². The number of aromatic nitrogens is 1. The summed E-state index contributed by atoms with van der Waals surface area (Å²) in [7, 11) is 0. The van der Waals surface area contributed by atoms with Crippen LogP contribution in [0.1, 0.15) is 21.5 Å². The van der Waals surface area contributed by atoms with Crippen LogP contribution in [0.15, 0.2) is 36.5 Å². The van der Waals surface area contributed by atoms with Gasteiger partial charge in [-0.3, -0.25) is 4.79 Å². The van der Waals surface area contributed by atoms with Crippen LogP contribution in [0.3, 0.4) is 0 Å². The Hall–Kier alpha value is -1.97. The van der Waals surface area contributed by atoms with Gasteiger partial charge in [-0.25, -0.2) is 0 Å². The minimum atomic E-state index is -0.103. The van der Waals surface area contributed by atoms with Crippen LogP contribution in [0.4, 0.5) is 5.69 Å². The summed E-state index contributed by atoms with van der Waals surface area (Å²) in [6, 6.07) is 8.60. The van der Waals surface area contributed by atoms with Gasteiger partial charge in [-0.2, -0.15) is 0 Å². The summed E-state index contributed by atoms with van der Waals surface area (Å²) < 4.78 is 0. The number of aromatic amines is 1. The summed E-state index contributed by atoms with van der Waals surface area (Å²) in [5, 5.41) is 1.66. The van der Waals surface area contributed by atoms with Crippen LogP contribution in [-0.2, 0) is 0 Å². The Morgan fingerprint density at radius 2 is 1.95 bits per heavy atom. The number of carbonyl (C=O) groups excluding carboxylic acids is 1. The van der Waals surface area contributed by atoms with Gasteiger partial charge in [0.05, 0.1) is 5.02 Å². The van der Waals surface area contributed by atoms with Crippen molar-refractivity contribution in [1.29, 1.82) is 0 Å². The molecule has 5 heteroatoms. The molecule has 3 aromatic rings. The maximum absolute atomic E-state index is 12.7. The molecule has 0 aliphatic heterocycles. The van der Waals surface area contributed by atoms with E-state index in [2.05, 4.69) is 4.98 Å². The Bertz CT molecular complexity index is 868. The first-order valence-electron chi connectivity index (χ1n) is 6.34. The second kappa shape index (κ2) is 5.10. The van der Waals surface area contributed by atoms with E-state index in [9.17, 15) is 4.79 Å². The van der Waals surface area contributed by atoms with Gasteiger partial charge in [-0.15, -0.1) is 0 Å². The Morgan fingerprint density at radius 3 is 2.67 bits per heavy atom. The normalized spacial score (nSPS) is 11.0. The van der Waals surface area contributed by atoms with E-state index in [1.807, 2.05) is 6.92 Å². The molecule has 106 valence electrons. The first-order valence-corrected chi connectivity index (χ1v) is 7.10. The highest BCUT2D eigenvalue weighted by Crippen LogP contribution is 2.31. The van der Waals surface area contributed by atoms with E-state index in [0.29, 0.717) is 32.2 Å². The van der Waals surface area contributed by atoms with Crippen molar-refractivity contribution in [3.63, 3.8) is 0 Å². The second-order valence-electron chi connectivity index (χ2n) is 4.91. The van der Waals surface area contributed by atoms with E-state index < -0.39 is 0 Å². The topological polar surface area (TPSA) is 58.9 Å². The SMILES string of the molecule is Cc1cc(C(=O)c2c[nH]c3cc(Cl)cc(Cl)c23)ccc1N. The highest BCUT2D eigenvalue weighted by atomic mass is 35.5. The third-order valence-electron chi connectivity index (χ3n) is 3.47. The summed E-state index contributed by atoms with van der Waals surface area (Å²) in [6.45, 7) is 1.87. The van der Waals surface area contributed by atoms with Crippen molar-refractivity contribution in [3.8, 4) is 0 Å². The predicted molar refractivity (Wildman–Crippen MR) is 87.3 cm³/mol. The minimum Gasteiger partial charge on any atom is -0.399 e. The van der Waals surface area contributed by atoms with Crippen LogP contribution in [0.25, 0.3) is 10.9 Å². The van der Waals surface area contributed by atoms with E-state index in [4.69, 9.17) is 28.9 Å². The molecule has 0 aliphatic carbocycles. The van der Waals surface area contributed by atoms with Crippen molar-refractivity contribution in [3.05, 3.63) is 63.3 Å². The standard InChI is InChI=1S/C16H12Cl2N2O/c1-8-4-9(2-3-13(8)19)16(21)11-7-20-14-6-10(17)5-12(18)15(11)14/h2-7,20H,19H2,1H3. The minimum absolute atomic E-state index is 0.103. The van der Waals surface area contributed by atoms with Crippen molar-refractivity contribution in [2.24, 2.45) is 0 Å². The first-order chi connectivity index (χ1) is 9.97. The smallest absolute Gasteiger partial charge is 0.195 e. The maximum atomic E-state index is 12.7. The van der Waals surface area contributed by atoms with Crippen molar-refractivity contribution < 1.29 is 4.79 Å². The lowest BCUT2D eigenvalue weighted by molar-refractivity contribution is 0.104. The highest BCUT2D eigenvalue weighted by Gasteiger charge is 2.17. The average molecular weight is 319 g/mol. The molecule has 0 aliphatic rings. The zero-order valence-electron chi connectivity index (χ0n) is 11.2. The second-order valence-corrected chi connectivity index (χ2v) is 5.76. The molecular formula is C16H12Cl2N2O. The Labute approximate surface area is 131 Å². The fourth-order valence-corrected chi connectivity index (χ4v) is 2.93. The maximum Gasteiger partial charge on any atom is 0.195 e. The predicted octanol–water partition coefficient (Wildman–Crippen LogP) is 4.60. The number of nitrogens with one attached hydrogen (secondary N) is 1. The molecule has 2 aromatic carbocycles. The van der Waals surface area contributed by atoms with Crippen molar-refractivity contribution >= 4 is 45.6 Å². The molecule has 3 N–H and O–H groups in total. The molecule has 0 saturated carbocycles. The monoisotopic (exact) mass is 318 g/mol. The zero-order valence-corrected chi connectivity index (χ0v) is 12.7. The van der Waals surface area contributed by atoms with Gasteiger partial charge in [0, 0.05) is 38.9 Å². The summed E-state index contributed by atoms with van der Waals surface area (Å²) in [4.78, 5) is 15.7. The quantitative estimate of drug-likeness (QED) is 0.536. The van der Waals surface area contributed by atoms with Crippen LogP contribution < -0.4 is 5.73 Å². The number of hydrogen-bond donors (Lipinski definition) is 2. The molecular weight excluding hydrogens is 307 g/mol. The molecule has 0 saturated heterocycles. The molecule has 1 aromatic heterocycles.